The Kier molecular flexibility index (Phi) is 23.7. The summed E-state index contributed by atoms with van der Waals surface area (Å²) in [5.41, 5.74) is 8.58. The monoisotopic (exact) mass is 1600 g/mol. The number of carbonyl (C=O) groups excluding carboxylic acids is 2. The van der Waals surface area contributed by atoms with Crippen LogP contribution in [0.15, 0.2) is 205 Å². The van der Waals surface area contributed by atoms with Crippen LogP contribution in [0.1, 0.15) is 165 Å². The van der Waals surface area contributed by atoms with Gasteiger partial charge in [-0.1, -0.05) is 150 Å². The summed E-state index contributed by atoms with van der Waals surface area (Å²) in [5.74, 6) is 2.19. The molecule has 8 aromatic carbocycles. The minimum atomic E-state index is -1.09. The fourth-order valence-electron chi connectivity index (χ4n) is 16.5. The Morgan fingerprint density at radius 3 is 0.948 bits per heavy atom. The normalized spacial score (nSPS) is 15.4. The molecule has 0 saturated heterocycles. The number of hydrogen-bond donors (Lipinski definition) is 0. The van der Waals surface area contributed by atoms with Crippen molar-refractivity contribution >= 4 is 111 Å². The van der Waals surface area contributed by atoms with Gasteiger partial charge in [0.2, 0.25) is 0 Å². The molecule has 0 amide bonds. The molecule has 14 nitrogen and oxygen atoms in total. The van der Waals surface area contributed by atoms with E-state index in [0.717, 1.165) is 156 Å². The van der Waals surface area contributed by atoms with Crippen LogP contribution in [0.25, 0.3) is 83.4 Å². The van der Waals surface area contributed by atoms with Gasteiger partial charge in [-0.2, -0.15) is 0 Å². The zero-order valence-electron chi connectivity index (χ0n) is 65.1. The average molecular weight is 1610 g/mol. The van der Waals surface area contributed by atoms with E-state index in [1.54, 1.807) is 45.3 Å². The molecule has 580 valence electrons. The van der Waals surface area contributed by atoms with Gasteiger partial charge in [0.1, 0.15) is 49.4 Å². The Hall–Kier alpha value is -11.4. The highest BCUT2D eigenvalue weighted by molar-refractivity contribution is 7.34. The smallest absolute Gasteiger partial charge is 0.270 e. The second kappa shape index (κ2) is 35.0. The van der Waals surface area contributed by atoms with Crippen molar-refractivity contribution in [2.45, 2.75) is 89.9 Å². The summed E-state index contributed by atoms with van der Waals surface area (Å²) in [4.78, 5) is 43.8. The number of Topliss-reactive ketones (excluding diaryl/α,β-unsaturated/α-hetero) is 2. The van der Waals surface area contributed by atoms with Crippen molar-refractivity contribution in [1.82, 2.24) is 0 Å². The minimum Gasteiger partial charge on any atom is -0.491 e. The highest BCUT2D eigenvalue weighted by Gasteiger charge is 2.55. The average Bonchev–Trinajstić information content (AvgIpc) is 1.48. The van der Waals surface area contributed by atoms with Crippen LogP contribution in [0, 0.1) is 35.8 Å². The molecule has 12 aromatic rings. The number of rotatable bonds is 34. The second-order valence-electron chi connectivity index (χ2n) is 29.1. The third-order valence-corrected chi connectivity index (χ3v) is 27.0. The predicted octanol–water partition coefficient (Wildman–Crippen LogP) is 23.8. The summed E-state index contributed by atoms with van der Waals surface area (Å²) >= 11 is 6.67. The molecule has 0 unspecified atom stereocenters. The molecule has 0 atom stereocenters. The Balaban J connectivity index is 0.948. The quantitative estimate of drug-likeness (QED) is 0.0162. The van der Waals surface area contributed by atoms with E-state index >= 15 is 9.59 Å². The van der Waals surface area contributed by atoms with E-state index in [2.05, 4.69) is 110 Å². The number of benzene rings is 8. The second-order valence-corrected chi connectivity index (χ2v) is 33.3. The Labute approximate surface area is 692 Å². The number of ketones is 2. The highest BCUT2D eigenvalue weighted by Crippen LogP contribution is 2.70. The Morgan fingerprint density at radius 2 is 0.672 bits per heavy atom. The molecule has 4 aliphatic carbocycles. The van der Waals surface area contributed by atoms with Crippen LogP contribution in [-0.4, -0.2) is 90.8 Å². The van der Waals surface area contributed by atoms with Crippen molar-refractivity contribution in [3.05, 3.63) is 304 Å². The van der Waals surface area contributed by atoms with E-state index in [4.69, 9.17) is 51.0 Å². The van der Waals surface area contributed by atoms with E-state index in [0.29, 0.717) is 136 Å². The van der Waals surface area contributed by atoms with Gasteiger partial charge in [0.25, 0.3) is 11.4 Å². The molecule has 4 aromatic heterocycles. The number of thiophene rings is 4. The maximum atomic E-state index is 15.3. The summed E-state index contributed by atoms with van der Waals surface area (Å²) in [6, 6.07) is 65.7. The molecule has 4 heterocycles. The maximum Gasteiger partial charge on any atom is 0.270 e. The summed E-state index contributed by atoms with van der Waals surface area (Å²) in [7, 11) is 0. The number of fused-ring (bicyclic) bond motifs is 13. The number of nitrogens with zero attached hydrogens (tertiary/aromatic N) is 4. The molecular weight excluding hydrogens is 1520 g/mol. The van der Waals surface area contributed by atoms with Gasteiger partial charge in [0, 0.05) is 80.7 Å². The summed E-state index contributed by atoms with van der Waals surface area (Å²) in [6.45, 7) is 31.1. The van der Waals surface area contributed by atoms with Crippen molar-refractivity contribution in [2.75, 3.05) is 79.3 Å². The van der Waals surface area contributed by atoms with Crippen LogP contribution in [0.4, 0.5) is 0 Å². The number of ether oxygens (including phenoxy) is 8. The number of allylic oxidation sites excluding steroid dienone is 6. The van der Waals surface area contributed by atoms with E-state index in [-0.39, 0.29) is 34.1 Å². The van der Waals surface area contributed by atoms with Gasteiger partial charge < -0.3 is 37.9 Å². The molecule has 0 bridgehead atoms. The number of carbonyl (C=O) groups is 2. The lowest BCUT2D eigenvalue weighted by molar-refractivity contribution is 0.0980. The summed E-state index contributed by atoms with van der Waals surface area (Å²) < 4.78 is 51.9. The van der Waals surface area contributed by atoms with Crippen molar-refractivity contribution in [3.63, 3.8) is 0 Å². The lowest BCUT2D eigenvalue weighted by atomic mass is 9.67. The molecule has 0 radical (unpaired) electrons. The van der Waals surface area contributed by atoms with Crippen LogP contribution in [0.2, 0.25) is 0 Å². The van der Waals surface area contributed by atoms with Crippen LogP contribution in [0.3, 0.4) is 0 Å². The molecule has 16 rings (SSSR count). The van der Waals surface area contributed by atoms with Crippen LogP contribution < -0.4 is 18.9 Å². The Morgan fingerprint density at radius 1 is 0.379 bits per heavy atom. The topological polar surface area (TPSA) is 164 Å². The van der Waals surface area contributed by atoms with E-state index in [1.165, 1.54) is 0 Å². The molecule has 18 heteroatoms. The first-order valence-electron chi connectivity index (χ1n) is 39.8. The molecule has 116 heavy (non-hydrogen) atoms. The van der Waals surface area contributed by atoms with E-state index < -0.39 is 10.8 Å². The van der Waals surface area contributed by atoms with Crippen LogP contribution in [0.5, 0.6) is 23.0 Å². The van der Waals surface area contributed by atoms with E-state index in [9.17, 15) is 10.5 Å². The number of unbranched alkanes of at least 4 members (excludes halogenated alkanes) is 4. The first-order valence-corrected chi connectivity index (χ1v) is 43.1. The molecular formula is C98H84N4O10S4. The standard InChI is InChI=1S/C98H84N4O10S4/c1-7-11-39-105-43-47-109-69-31-23-65(24-32-69)97(66-25-33-70(34-26-66)110-48-44-106-40-12-8-2)81-57-73(55-79-85(83(59-99)101-5)75-51-61-19-15-17-21-63(61)53-77(75)89(79)103)113-91(81)93-87(97)95-96(115-93)88-94(116-95)92-82(58-74(114-92)56-80-86(84(60-100)102-6)76-52-62-20-16-18-22-64(62)54-78(76)90(80)104)98(88,67-27-35-71(36-28-67)111-49-45-107-41-13-9-3)68-29-37-72(38-30-68)112-50-46-108-42-14-10-4/h15-38,51-58H,7-14,39-50H2,1-4H3/b79-55-,80-56-,85-83-,86-84+. The van der Waals surface area contributed by atoms with Gasteiger partial charge in [-0.25, -0.2) is 20.2 Å². The van der Waals surface area contributed by atoms with Gasteiger partial charge in [-0.05, 0) is 189 Å². The van der Waals surface area contributed by atoms with Gasteiger partial charge in [0.05, 0.1) is 91.4 Å². The zero-order valence-corrected chi connectivity index (χ0v) is 68.4. The summed E-state index contributed by atoms with van der Waals surface area (Å²) in [6.07, 6.45) is 11.7. The summed E-state index contributed by atoms with van der Waals surface area (Å²) in [5, 5.41) is 25.1. The number of hydrogen-bond acceptors (Lipinski definition) is 16. The van der Waals surface area contributed by atoms with Gasteiger partial charge in [0.15, 0.2) is 11.6 Å². The van der Waals surface area contributed by atoms with Crippen LogP contribution in [-0.2, 0) is 29.8 Å². The SMILES string of the molecule is [C-]#[N+]/C(C#N)=C1\C(=C\c2cc3c(s2)-c2sc4c5c(sc4c2C3(c2ccc(OCCOCCCC)cc2)c2ccc(OCCOCCCC)cc2)-c2sc(/C=C3\C(=O)c4cc6ccccc6cc4\C3=C(\C#N)[N+]#[C-])cc2C5(c2ccc(OCCOCCCC)cc2)c2ccc(OCCOCCCC)cc2)C(=O)c2cc3ccccc3cc21. The van der Waals surface area contributed by atoms with E-state index in [1.807, 2.05) is 133 Å². The Bertz CT molecular complexity index is 5560. The molecule has 0 aliphatic heterocycles. The van der Waals surface area contributed by atoms with Crippen molar-refractivity contribution in [2.24, 2.45) is 0 Å². The minimum absolute atomic E-state index is 0.164. The molecule has 0 N–H and O–H groups in total. The van der Waals surface area contributed by atoms with Crippen molar-refractivity contribution in [1.29, 1.82) is 10.5 Å². The largest absolute Gasteiger partial charge is 0.491 e. The van der Waals surface area contributed by atoms with Gasteiger partial charge >= 0.3 is 0 Å². The molecule has 0 spiro atoms. The van der Waals surface area contributed by atoms with Crippen molar-refractivity contribution in [3.8, 4) is 54.6 Å². The zero-order chi connectivity index (χ0) is 79.9. The lowest BCUT2D eigenvalue weighted by Crippen LogP contribution is -2.29. The highest BCUT2D eigenvalue weighted by atomic mass is 32.1. The molecule has 0 saturated carbocycles. The maximum absolute atomic E-state index is 15.3. The number of nitriles is 2. The van der Waals surface area contributed by atoms with Gasteiger partial charge in [-0.15, -0.1) is 45.3 Å². The van der Waals surface area contributed by atoms with Crippen molar-refractivity contribution < 1.29 is 47.5 Å². The lowest BCUT2D eigenvalue weighted by Gasteiger charge is -2.34. The molecule has 4 aliphatic rings. The fourth-order valence-corrected chi connectivity index (χ4v) is 22.2. The van der Waals surface area contributed by atoms with Gasteiger partial charge in [-0.3, -0.25) is 9.59 Å². The third kappa shape index (κ3) is 14.5. The molecule has 0 fully saturated rings. The first kappa shape index (κ1) is 78.5. The van der Waals surface area contributed by atoms with Crippen LogP contribution >= 0.6 is 45.3 Å². The first-order chi connectivity index (χ1) is 57.0. The third-order valence-electron chi connectivity index (χ3n) is 22.0. The predicted molar refractivity (Wildman–Crippen MR) is 466 cm³/mol. The fraction of sp³-hybridized carbons (Fsp3) is 0.265.